The number of carbonyl (C=O) groups is 1. The Hall–Kier alpha value is -1.63. The molecule has 6 heteroatoms. The number of aliphatic hydroxyl groups excluding tert-OH is 1. The number of likely N-dealkylation sites (N-methyl/N-ethyl adjacent to an activating group) is 1. The highest BCUT2D eigenvalue weighted by Gasteiger charge is 2.03. The van der Waals surface area contributed by atoms with Crippen molar-refractivity contribution in [2.75, 3.05) is 45.7 Å². The van der Waals surface area contributed by atoms with Crippen molar-refractivity contribution < 1.29 is 14.6 Å². The fraction of sp³-hybridized carbons (Fsp3) is 0.533. The summed E-state index contributed by atoms with van der Waals surface area (Å²) in [4.78, 5) is 13.7. The Balaban J connectivity index is 2.18. The van der Waals surface area contributed by atoms with Crippen molar-refractivity contribution in [3.8, 4) is 0 Å². The fourth-order valence-electron chi connectivity index (χ4n) is 1.61. The van der Waals surface area contributed by atoms with Gasteiger partial charge in [-0.3, -0.25) is 0 Å². The molecule has 1 aromatic carbocycles. The fourth-order valence-corrected chi connectivity index (χ4v) is 1.61. The van der Waals surface area contributed by atoms with Crippen LogP contribution >= 0.6 is 0 Å². The molecule has 2 amide bonds. The predicted molar refractivity (Wildman–Crippen MR) is 83.5 cm³/mol. The van der Waals surface area contributed by atoms with E-state index in [9.17, 15) is 9.90 Å². The number of nitrogens with zero attached hydrogens (tertiary/aromatic N) is 1. The van der Waals surface area contributed by atoms with Gasteiger partial charge in [-0.25, -0.2) is 4.79 Å². The van der Waals surface area contributed by atoms with E-state index in [0.717, 1.165) is 12.1 Å². The minimum Gasteiger partial charge on any atom is -0.389 e. The molecule has 1 aromatic rings. The second kappa shape index (κ2) is 9.33. The van der Waals surface area contributed by atoms with E-state index in [2.05, 4.69) is 10.6 Å². The number of ether oxygens (including phenoxy) is 1. The molecule has 0 spiro atoms. The molecule has 0 aliphatic heterocycles. The van der Waals surface area contributed by atoms with E-state index in [0.29, 0.717) is 25.4 Å². The lowest BCUT2D eigenvalue weighted by atomic mass is 10.1. The number of carbonyl (C=O) groups excluding carboxylic acids is 1. The molecule has 1 rings (SSSR count). The summed E-state index contributed by atoms with van der Waals surface area (Å²) in [6.07, 6.45) is -0.507. The molecule has 0 saturated carbocycles. The second-order valence-electron chi connectivity index (χ2n) is 5.09. The summed E-state index contributed by atoms with van der Waals surface area (Å²) in [7, 11) is 3.97. The van der Waals surface area contributed by atoms with Crippen molar-refractivity contribution in [3.05, 3.63) is 29.8 Å². The van der Waals surface area contributed by atoms with E-state index in [1.54, 1.807) is 31.2 Å². The van der Waals surface area contributed by atoms with Crippen LogP contribution in [0.1, 0.15) is 18.6 Å². The predicted octanol–water partition coefficient (Wildman–Crippen LogP) is 1.44. The van der Waals surface area contributed by atoms with Gasteiger partial charge in [0, 0.05) is 18.8 Å². The maximum absolute atomic E-state index is 11.6. The Kier molecular flexibility index (Phi) is 7.74. The van der Waals surface area contributed by atoms with Crippen molar-refractivity contribution >= 4 is 11.7 Å². The number of rotatable bonds is 8. The molecule has 21 heavy (non-hydrogen) atoms. The smallest absolute Gasteiger partial charge is 0.319 e. The molecule has 0 radical (unpaired) electrons. The topological polar surface area (TPSA) is 73.8 Å². The van der Waals surface area contributed by atoms with Crippen molar-refractivity contribution in [2.24, 2.45) is 0 Å². The third kappa shape index (κ3) is 7.65. The molecular formula is C15H25N3O3. The van der Waals surface area contributed by atoms with Crippen LogP contribution in [-0.2, 0) is 4.74 Å². The number of amides is 2. The molecule has 0 heterocycles. The van der Waals surface area contributed by atoms with Crippen LogP contribution in [0.4, 0.5) is 10.5 Å². The van der Waals surface area contributed by atoms with Gasteiger partial charge in [0.05, 0.1) is 19.3 Å². The number of hydrogen-bond acceptors (Lipinski definition) is 4. The van der Waals surface area contributed by atoms with Gasteiger partial charge in [0.2, 0.25) is 0 Å². The largest absolute Gasteiger partial charge is 0.389 e. The Morgan fingerprint density at radius 2 is 1.95 bits per heavy atom. The lowest BCUT2D eigenvalue weighted by molar-refractivity contribution is 0.120. The van der Waals surface area contributed by atoms with Crippen LogP contribution in [0.15, 0.2) is 24.3 Å². The van der Waals surface area contributed by atoms with Gasteiger partial charge in [0.1, 0.15) is 0 Å². The maximum atomic E-state index is 11.6. The third-order valence-corrected chi connectivity index (χ3v) is 2.87. The van der Waals surface area contributed by atoms with Gasteiger partial charge in [-0.05, 0) is 38.7 Å². The van der Waals surface area contributed by atoms with Crippen molar-refractivity contribution in [1.29, 1.82) is 0 Å². The molecule has 0 aliphatic rings. The Morgan fingerprint density at radius 3 is 2.52 bits per heavy atom. The molecule has 0 saturated heterocycles. The zero-order chi connectivity index (χ0) is 15.7. The molecule has 0 fully saturated rings. The van der Waals surface area contributed by atoms with E-state index in [1.807, 2.05) is 19.0 Å². The minimum absolute atomic E-state index is 0.268. The summed E-state index contributed by atoms with van der Waals surface area (Å²) >= 11 is 0. The average molecular weight is 295 g/mol. The number of urea groups is 1. The maximum Gasteiger partial charge on any atom is 0.319 e. The summed E-state index contributed by atoms with van der Waals surface area (Å²) in [5, 5.41) is 14.8. The van der Waals surface area contributed by atoms with Crippen molar-refractivity contribution in [1.82, 2.24) is 10.2 Å². The van der Waals surface area contributed by atoms with Crippen LogP contribution in [0.2, 0.25) is 0 Å². The first-order valence-electron chi connectivity index (χ1n) is 7.04. The van der Waals surface area contributed by atoms with E-state index in [4.69, 9.17) is 4.74 Å². The molecule has 1 atom stereocenters. The lowest BCUT2D eigenvalue weighted by Crippen LogP contribution is -2.32. The monoisotopic (exact) mass is 295 g/mol. The van der Waals surface area contributed by atoms with Gasteiger partial charge in [-0.15, -0.1) is 0 Å². The summed E-state index contributed by atoms with van der Waals surface area (Å²) in [5.41, 5.74) is 1.50. The SMILES string of the molecule is CC(O)c1ccc(NC(=O)NCCOCCN(C)C)cc1. The molecule has 0 aliphatic carbocycles. The van der Waals surface area contributed by atoms with Crippen LogP contribution in [0.3, 0.4) is 0 Å². The van der Waals surface area contributed by atoms with Crippen LogP contribution in [0.25, 0.3) is 0 Å². The Labute approximate surface area is 126 Å². The van der Waals surface area contributed by atoms with Crippen LogP contribution < -0.4 is 10.6 Å². The van der Waals surface area contributed by atoms with Crippen LogP contribution in [0.5, 0.6) is 0 Å². The van der Waals surface area contributed by atoms with Crippen molar-refractivity contribution in [2.45, 2.75) is 13.0 Å². The van der Waals surface area contributed by atoms with Gasteiger partial charge >= 0.3 is 6.03 Å². The zero-order valence-corrected chi connectivity index (χ0v) is 12.9. The highest BCUT2D eigenvalue weighted by Crippen LogP contribution is 2.15. The van der Waals surface area contributed by atoms with Gasteiger partial charge < -0.3 is 25.4 Å². The third-order valence-electron chi connectivity index (χ3n) is 2.87. The van der Waals surface area contributed by atoms with E-state index in [-0.39, 0.29) is 6.03 Å². The summed E-state index contributed by atoms with van der Waals surface area (Å²) in [6, 6.07) is 6.82. The standard InChI is InChI=1S/C15H25N3O3/c1-12(19)13-4-6-14(7-5-13)17-15(20)16-8-10-21-11-9-18(2)3/h4-7,12,19H,8-11H2,1-3H3,(H2,16,17,20). The van der Waals surface area contributed by atoms with Crippen LogP contribution in [0, 0.1) is 0 Å². The summed E-state index contributed by atoms with van der Waals surface area (Å²) in [5.74, 6) is 0. The first kappa shape index (κ1) is 17.4. The average Bonchev–Trinajstić information content (AvgIpc) is 2.43. The number of hydrogen-bond donors (Lipinski definition) is 3. The van der Waals surface area contributed by atoms with Gasteiger partial charge in [0.25, 0.3) is 0 Å². The van der Waals surface area contributed by atoms with Gasteiger partial charge in [-0.2, -0.15) is 0 Å². The first-order chi connectivity index (χ1) is 9.99. The van der Waals surface area contributed by atoms with E-state index >= 15 is 0 Å². The Morgan fingerprint density at radius 1 is 1.29 bits per heavy atom. The molecule has 0 aromatic heterocycles. The first-order valence-corrected chi connectivity index (χ1v) is 7.04. The highest BCUT2D eigenvalue weighted by atomic mass is 16.5. The number of anilines is 1. The quantitative estimate of drug-likeness (QED) is 0.635. The minimum atomic E-state index is -0.507. The van der Waals surface area contributed by atoms with Crippen LogP contribution in [-0.4, -0.2) is 56.4 Å². The van der Waals surface area contributed by atoms with Crippen molar-refractivity contribution in [3.63, 3.8) is 0 Å². The number of aliphatic hydroxyl groups is 1. The molecule has 1 unspecified atom stereocenters. The van der Waals surface area contributed by atoms with Gasteiger partial charge in [0.15, 0.2) is 0 Å². The highest BCUT2D eigenvalue weighted by molar-refractivity contribution is 5.89. The molecule has 118 valence electrons. The lowest BCUT2D eigenvalue weighted by Gasteiger charge is -2.11. The number of nitrogens with one attached hydrogen (secondary N) is 2. The second-order valence-corrected chi connectivity index (χ2v) is 5.09. The summed E-state index contributed by atoms with van der Waals surface area (Å²) < 4.78 is 5.38. The van der Waals surface area contributed by atoms with E-state index < -0.39 is 6.10 Å². The molecule has 3 N–H and O–H groups in total. The zero-order valence-electron chi connectivity index (χ0n) is 12.9. The van der Waals surface area contributed by atoms with Gasteiger partial charge in [-0.1, -0.05) is 12.1 Å². The number of benzene rings is 1. The van der Waals surface area contributed by atoms with E-state index in [1.165, 1.54) is 0 Å². The molecular weight excluding hydrogens is 270 g/mol. The molecule has 0 bridgehead atoms. The summed E-state index contributed by atoms with van der Waals surface area (Å²) in [6.45, 7) is 4.16. The normalized spacial score (nSPS) is 12.2. The molecule has 6 nitrogen and oxygen atoms in total. The Bertz CT molecular complexity index is 419.